The fourth-order valence-electron chi connectivity index (χ4n) is 6.76. The third-order valence-corrected chi connectivity index (χ3v) is 8.66. The Morgan fingerprint density at radius 2 is 1.72 bits per heavy atom. The number of primary amides is 1. The first-order valence-corrected chi connectivity index (χ1v) is 13.7. The van der Waals surface area contributed by atoms with E-state index in [1.54, 1.807) is 63.4 Å². The number of rotatable bonds is 6. The number of likely N-dealkylation sites (N-methyl/N-ethyl adjacent to an activating group) is 1. The number of hydrogen-bond donors (Lipinski definition) is 6. The van der Waals surface area contributed by atoms with Crippen LogP contribution in [0.2, 0.25) is 0 Å². The van der Waals surface area contributed by atoms with Gasteiger partial charge in [0.15, 0.2) is 11.4 Å². The number of phenolic OH excluding ortho intramolecular Hbond substituents is 1. The molecule has 1 saturated carbocycles. The van der Waals surface area contributed by atoms with E-state index < -0.39 is 69.7 Å². The maximum atomic E-state index is 14.1. The van der Waals surface area contributed by atoms with Crippen LogP contribution < -0.4 is 16.0 Å². The second-order valence-electron chi connectivity index (χ2n) is 11.7. The molecule has 0 unspecified atom stereocenters. The van der Waals surface area contributed by atoms with Crippen molar-refractivity contribution in [2.45, 2.75) is 30.9 Å². The van der Waals surface area contributed by atoms with Crippen molar-refractivity contribution in [1.29, 1.82) is 0 Å². The predicted octanol–water partition coefficient (Wildman–Crippen LogP) is 1.21. The molecule has 0 saturated heterocycles. The second kappa shape index (κ2) is 10.5. The van der Waals surface area contributed by atoms with Crippen LogP contribution >= 0.6 is 0 Å². The van der Waals surface area contributed by atoms with Gasteiger partial charge in [0.05, 0.1) is 23.7 Å². The normalized spacial score (nSPS) is 24.8. The minimum Gasteiger partial charge on any atom is -0.508 e. The van der Waals surface area contributed by atoms with Crippen LogP contribution in [0.3, 0.4) is 0 Å². The van der Waals surface area contributed by atoms with Crippen molar-refractivity contribution in [2.24, 2.45) is 17.6 Å². The molecule has 12 nitrogen and oxygen atoms in total. The van der Waals surface area contributed by atoms with E-state index in [4.69, 9.17) is 5.73 Å². The lowest BCUT2D eigenvalue weighted by atomic mass is 9.57. The van der Waals surface area contributed by atoms with Crippen molar-refractivity contribution in [1.82, 2.24) is 4.90 Å². The molecule has 2 amide bonds. The van der Waals surface area contributed by atoms with Gasteiger partial charge in [-0.15, -0.1) is 0 Å². The summed E-state index contributed by atoms with van der Waals surface area (Å²) in [5.41, 5.74) is 3.22. The zero-order valence-corrected chi connectivity index (χ0v) is 24.2. The smallest absolute Gasteiger partial charge is 0.255 e. The van der Waals surface area contributed by atoms with Gasteiger partial charge in [-0.25, -0.2) is 0 Å². The monoisotopic (exact) mass is 590 g/mol. The Kier molecular flexibility index (Phi) is 7.31. The number of aliphatic hydroxyl groups excluding tert-OH is 2. The average molecular weight is 591 g/mol. The van der Waals surface area contributed by atoms with Crippen molar-refractivity contribution in [3.05, 3.63) is 70.0 Å². The first-order valence-electron chi connectivity index (χ1n) is 13.7. The maximum absolute atomic E-state index is 14.1. The first-order chi connectivity index (χ1) is 20.2. The average Bonchev–Trinajstić information content (AvgIpc) is 2.92. The molecule has 0 bridgehead atoms. The number of anilines is 2. The number of amides is 2. The van der Waals surface area contributed by atoms with E-state index >= 15 is 0 Å². The van der Waals surface area contributed by atoms with E-state index in [-0.39, 0.29) is 36.1 Å². The number of aromatic hydroxyl groups is 1. The van der Waals surface area contributed by atoms with Crippen LogP contribution in [0, 0.1) is 11.8 Å². The number of aliphatic hydroxyl groups is 3. The molecule has 5 rings (SSSR count). The summed E-state index contributed by atoms with van der Waals surface area (Å²) in [5.74, 6) is -7.76. The van der Waals surface area contributed by atoms with Gasteiger partial charge in [0.25, 0.3) is 5.91 Å². The lowest BCUT2D eigenvalue weighted by Crippen LogP contribution is -2.65. The molecule has 4 atom stereocenters. The Labute approximate surface area is 247 Å². The highest BCUT2D eigenvalue weighted by atomic mass is 16.3. The molecule has 3 aliphatic rings. The van der Waals surface area contributed by atoms with Gasteiger partial charge in [0.1, 0.15) is 22.8 Å². The largest absolute Gasteiger partial charge is 0.508 e. The summed E-state index contributed by atoms with van der Waals surface area (Å²) in [7, 11) is 6.59. The molecule has 2 aromatic carbocycles. The zero-order valence-electron chi connectivity index (χ0n) is 24.2. The van der Waals surface area contributed by atoms with Gasteiger partial charge in [-0.05, 0) is 50.0 Å². The molecular formula is C31H34N4O8. The van der Waals surface area contributed by atoms with Gasteiger partial charge in [0.2, 0.25) is 11.7 Å². The van der Waals surface area contributed by atoms with Crippen LogP contribution in [0.4, 0.5) is 11.4 Å². The fourth-order valence-corrected chi connectivity index (χ4v) is 6.76. The van der Waals surface area contributed by atoms with Crippen molar-refractivity contribution in [3.63, 3.8) is 0 Å². The molecule has 1 fully saturated rings. The van der Waals surface area contributed by atoms with Crippen LogP contribution in [-0.4, -0.2) is 88.5 Å². The maximum Gasteiger partial charge on any atom is 0.255 e. The Balaban J connectivity index is 1.65. The lowest BCUT2D eigenvalue weighted by molar-refractivity contribution is -0.153. The van der Waals surface area contributed by atoms with Crippen LogP contribution in [0.5, 0.6) is 5.75 Å². The molecule has 226 valence electrons. The summed E-state index contributed by atoms with van der Waals surface area (Å²) >= 11 is 0. The molecule has 2 aromatic rings. The highest BCUT2D eigenvalue weighted by molar-refractivity contribution is 6.24. The Bertz CT molecular complexity index is 1630. The van der Waals surface area contributed by atoms with Crippen molar-refractivity contribution in [3.8, 4) is 5.75 Å². The number of ketones is 2. The Morgan fingerprint density at radius 1 is 1.07 bits per heavy atom. The molecule has 12 heteroatoms. The SMILES string of the molecule is CN(C)c1cc(NC(=O)Cc2ccccc2)c(O)c2c1C[C@@H]1C[C@@H]3[C@@H](N(C)C)C(=O)C(C(N)=O)=C(O)[C@]3(O)C(=O)C1=C2O. The molecule has 0 radical (unpaired) electrons. The van der Waals surface area contributed by atoms with Gasteiger partial charge in [-0.3, -0.25) is 24.1 Å². The fraction of sp³-hybridized carbons (Fsp3) is 0.355. The number of hydrogen-bond acceptors (Lipinski definition) is 10. The Morgan fingerprint density at radius 3 is 2.30 bits per heavy atom. The molecule has 7 N–H and O–H groups in total. The van der Waals surface area contributed by atoms with Crippen molar-refractivity contribution >= 4 is 40.5 Å². The molecule has 3 aliphatic carbocycles. The van der Waals surface area contributed by atoms with E-state index in [0.717, 1.165) is 5.56 Å². The summed E-state index contributed by atoms with van der Waals surface area (Å²) in [5, 5.41) is 48.4. The zero-order chi connectivity index (χ0) is 31.5. The van der Waals surface area contributed by atoms with E-state index in [0.29, 0.717) is 11.3 Å². The number of Topliss-reactive ketones (excluding diaryl/α,β-unsaturated/α-hetero) is 2. The van der Waals surface area contributed by atoms with Gasteiger partial charge in [-0.1, -0.05) is 30.3 Å². The first kappa shape index (κ1) is 29.8. The number of benzene rings is 2. The summed E-state index contributed by atoms with van der Waals surface area (Å²) in [4.78, 5) is 55.6. The van der Waals surface area contributed by atoms with Crippen molar-refractivity contribution < 1.29 is 39.6 Å². The summed E-state index contributed by atoms with van der Waals surface area (Å²) in [6.45, 7) is 0. The van der Waals surface area contributed by atoms with Gasteiger partial charge in [-0.2, -0.15) is 0 Å². The van der Waals surface area contributed by atoms with Crippen LogP contribution in [0.25, 0.3) is 5.76 Å². The third-order valence-electron chi connectivity index (χ3n) is 8.66. The number of phenols is 1. The molecule has 43 heavy (non-hydrogen) atoms. The lowest BCUT2D eigenvalue weighted by Gasteiger charge is -2.50. The third kappa shape index (κ3) is 4.54. The standard InChI is InChI=1S/C31H34N4O8/c1-34(2)19-13-18(33-20(36)10-14-8-6-5-7-9-14)25(37)22-16(19)11-15-12-17-24(35(3)4)27(39)23(30(32)42)29(41)31(17,43)28(40)21(15)26(22)38/h5-9,13,15,17,24,37-38,41,43H,10-12H2,1-4H3,(H2,32,42)(H,33,36)/t15-,17-,24-,31-/m1/s1. The van der Waals surface area contributed by atoms with Crippen LogP contribution in [0.15, 0.2) is 53.3 Å². The Hall–Kier alpha value is -4.68. The molecule has 0 heterocycles. The predicted molar refractivity (Wildman–Crippen MR) is 157 cm³/mol. The summed E-state index contributed by atoms with van der Waals surface area (Å²) < 4.78 is 0. The molecular weight excluding hydrogens is 556 g/mol. The quantitative estimate of drug-likeness (QED) is 0.210. The van der Waals surface area contributed by atoms with E-state index in [9.17, 15) is 39.6 Å². The van der Waals surface area contributed by atoms with Gasteiger partial charge in [0, 0.05) is 31.3 Å². The number of nitrogens with two attached hydrogens (primary N) is 1. The van der Waals surface area contributed by atoms with E-state index in [2.05, 4.69) is 5.32 Å². The molecule has 0 spiro atoms. The minimum atomic E-state index is -2.73. The van der Waals surface area contributed by atoms with E-state index in [1.165, 1.54) is 4.90 Å². The molecule has 0 aliphatic heterocycles. The highest BCUT2D eigenvalue weighted by Gasteiger charge is 2.64. The van der Waals surface area contributed by atoms with E-state index in [1.807, 2.05) is 6.07 Å². The topological polar surface area (TPSA) is 194 Å². The highest BCUT2D eigenvalue weighted by Crippen LogP contribution is 2.54. The second-order valence-corrected chi connectivity index (χ2v) is 11.7. The number of nitrogens with zero attached hydrogens (tertiary/aromatic N) is 2. The van der Waals surface area contributed by atoms with Gasteiger partial charge >= 0.3 is 0 Å². The number of nitrogens with one attached hydrogen (secondary N) is 1. The number of carbonyl (C=O) groups excluding carboxylic acids is 4. The van der Waals surface area contributed by atoms with Gasteiger partial charge < -0.3 is 36.4 Å². The number of carbonyl (C=O) groups is 4. The van der Waals surface area contributed by atoms with Crippen LogP contribution in [0.1, 0.15) is 23.1 Å². The summed E-state index contributed by atoms with van der Waals surface area (Å²) in [6.07, 6.45) is 0.138. The minimum absolute atomic E-state index is 0.00326. The summed E-state index contributed by atoms with van der Waals surface area (Å²) in [6, 6.07) is 9.40. The van der Waals surface area contributed by atoms with Crippen LogP contribution in [-0.2, 0) is 32.0 Å². The number of fused-ring (bicyclic) bond motifs is 3. The molecule has 0 aromatic heterocycles. The van der Waals surface area contributed by atoms with Crippen molar-refractivity contribution in [2.75, 3.05) is 38.4 Å².